The lowest BCUT2D eigenvalue weighted by Crippen LogP contribution is -2.40. The fraction of sp³-hybridized carbons (Fsp3) is 0.500. The minimum atomic E-state index is -0.356. The molecule has 0 rings (SSSR count). The number of thiol groups is 1. The highest BCUT2D eigenvalue weighted by molar-refractivity contribution is 7.80. The van der Waals surface area contributed by atoms with Crippen LogP contribution in [0.2, 0.25) is 0 Å². The molecule has 3 N–H and O–H groups in total. The van der Waals surface area contributed by atoms with Gasteiger partial charge in [0.2, 0.25) is 0 Å². The zero-order chi connectivity index (χ0) is 7.28. The van der Waals surface area contributed by atoms with Crippen LogP contribution in [0.25, 0.3) is 0 Å². The zero-order valence-electron chi connectivity index (χ0n) is 4.70. The lowest BCUT2D eigenvalue weighted by Gasteiger charge is -2.07. The van der Waals surface area contributed by atoms with E-state index in [2.05, 4.69) is 30.2 Å². The van der Waals surface area contributed by atoms with Crippen LogP contribution >= 0.6 is 24.8 Å². The SMILES string of the molecule is NC(=S)NC(C=O)CS. The molecule has 0 saturated heterocycles. The summed E-state index contributed by atoms with van der Waals surface area (Å²) in [7, 11) is 0. The third kappa shape index (κ3) is 4.23. The monoisotopic (exact) mass is 164 g/mol. The van der Waals surface area contributed by atoms with Crippen LogP contribution in [0.3, 0.4) is 0 Å². The molecular weight excluding hydrogens is 156 g/mol. The molecule has 0 fully saturated rings. The Hall–Kier alpha value is -0.290. The second-order valence-corrected chi connectivity index (χ2v) is 2.24. The van der Waals surface area contributed by atoms with E-state index in [-0.39, 0.29) is 11.2 Å². The molecule has 0 aromatic heterocycles. The minimum Gasteiger partial charge on any atom is -0.376 e. The van der Waals surface area contributed by atoms with E-state index < -0.39 is 0 Å². The molecular formula is C4H8N2OS2. The predicted octanol–water partition coefficient (Wildman–Crippen LogP) is -0.683. The maximum absolute atomic E-state index is 10.0. The summed E-state index contributed by atoms with van der Waals surface area (Å²) in [5, 5.41) is 2.67. The second-order valence-electron chi connectivity index (χ2n) is 1.43. The van der Waals surface area contributed by atoms with Crippen LogP contribution in [0.1, 0.15) is 0 Å². The summed E-state index contributed by atoms with van der Waals surface area (Å²) < 4.78 is 0. The van der Waals surface area contributed by atoms with Gasteiger partial charge in [-0.05, 0) is 12.2 Å². The molecule has 0 bridgehead atoms. The Kier molecular flexibility index (Phi) is 4.43. The summed E-state index contributed by atoms with van der Waals surface area (Å²) in [6, 6.07) is -0.356. The van der Waals surface area contributed by atoms with E-state index in [1.165, 1.54) is 0 Å². The molecule has 0 heterocycles. The Morgan fingerprint density at radius 3 is 2.67 bits per heavy atom. The maximum atomic E-state index is 10.0. The smallest absolute Gasteiger partial charge is 0.164 e. The lowest BCUT2D eigenvalue weighted by atomic mass is 10.4. The molecule has 0 spiro atoms. The average Bonchev–Trinajstić information content (AvgIpc) is 1.82. The molecule has 0 aromatic rings. The molecule has 0 aliphatic carbocycles. The quantitative estimate of drug-likeness (QED) is 0.294. The van der Waals surface area contributed by atoms with E-state index in [0.29, 0.717) is 12.0 Å². The summed E-state index contributed by atoms with van der Waals surface area (Å²) in [6.45, 7) is 0. The van der Waals surface area contributed by atoms with E-state index in [4.69, 9.17) is 5.73 Å². The number of thiocarbonyl (C=S) groups is 1. The number of nitrogens with two attached hydrogens (primary N) is 1. The topological polar surface area (TPSA) is 55.1 Å². The van der Waals surface area contributed by atoms with Gasteiger partial charge in [0.25, 0.3) is 0 Å². The molecule has 5 heteroatoms. The first-order chi connectivity index (χ1) is 4.20. The van der Waals surface area contributed by atoms with Gasteiger partial charge >= 0.3 is 0 Å². The summed E-state index contributed by atoms with van der Waals surface area (Å²) in [6.07, 6.45) is 0.714. The average molecular weight is 164 g/mol. The third-order valence-electron chi connectivity index (χ3n) is 0.689. The number of hydrogen-bond donors (Lipinski definition) is 3. The fourth-order valence-corrected chi connectivity index (χ4v) is 0.634. The molecule has 9 heavy (non-hydrogen) atoms. The van der Waals surface area contributed by atoms with Crippen molar-refractivity contribution in [3.63, 3.8) is 0 Å². The minimum absolute atomic E-state index is 0.126. The van der Waals surface area contributed by atoms with Crippen LogP contribution in [-0.4, -0.2) is 23.2 Å². The molecule has 1 unspecified atom stereocenters. The Bertz CT molecular complexity index is 117. The summed E-state index contributed by atoms with van der Waals surface area (Å²) >= 11 is 8.34. The van der Waals surface area contributed by atoms with Gasteiger partial charge in [-0.1, -0.05) is 0 Å². The number of carbonyl (C=O) groups is 1. The highest BCUT2D eigenvalue weighted by Gasteiger charge is 2.01. The van der Waals surface area contributed by atoms with Crippen LogP contribution in [0.5, 0.6) is 0 Å². The largest absolute Gasteiger partial charge is 0.376 e. The van der Waals surface area contributed by atoms with Gasteiger partial charge in [0, 0.05) is 5.75 Å². The van der Waals surface area contributed by atoms with Crippen molar-refractivity contribution in [3.8, 4) is 0 Å². The molecule has 52 valence electrons. The van der Waals surface area contributed by atoms with E-state index in [9.17, 15) is 4.79 Å². The Morgan fingerprint density at radius 2 is 2.56 bits per heavy atom. The van der Waals surface area contributed by atoms with Crippen molar-refractivity contribution in [3.05, 3.63) is 0 Å². The molecule has 0 saturated carbocycles. The van der Waals surface area contributed by atoms with Crippen LogP contribution in [-0.2, 0) is 4.79 Å². The van der Waals surface area contributed by atoms with Crippen LogP contribution < -0.4 is 11.1 Å². The lowest BCUT2D eigenvalue weighted by molar-refractivity contribution is -0.108. The molecule has 3 nitrogen and oxygen atoms in total. The highest BCUT2D eigenvalue weighted by atomic mass is 32.1. The molecule has 0 radical (unpaired) electrons. The number of rotatable bonds is 3. The molecule has 1 atom stereocenters. The van der Waals surface area contributed by atoms with E-state index in [1.54, 1.807) is 0 Å². The first-order valence-electron chi connectivity index (χ1n) is 2.32. The van der Waals surface area contributed by atoms with Crippen molar-refractivity contribution >= 4 is 36.2 Å². The molecule has 0 aliphatic heterocycles. The van der Waals surface area contributed by atoms with Crippen molar-refractivity contribution in [2.24, 2.45) is 5.73 Å². The Labute approximate surface area is 64.4 Å². The number of nitrogens with one attached hydrogen (secondary N) is 1. The molecule has 0 amide bonds. The zero-order valence-corrected chi connectivity index (χ0v) is 6.41. The fourth-order valence-electron chi connectivity index (χ4n) is 0.305. The Morgan fingerprint density at radius 1 is 2.00 bits per heavy atom. The Balaban J connectivity index is 3.55. The second kappa shape index (κ2) is 4.58. The van der Waals surface area contributed by atoms with Gasteiger partial charge in [0.1, 0.15) is 6.29 Å². The first kappa shape index (κ1) is 8.71. The van der Waals surface area contributed by atoms with Gasteiger partial charge in [-0.25, -0.2) is 0 Å². The van der Waals surface area contributed by atoms with Crippen molar-refractivity contribution in [2.45, 2.75) is 6.04 Å². The standard InChI is InChI=1S/C4H8N2OS2/c5-4(9)6-3(1-7)2-8/h1,3,8H,2H2,(H3,5,6,9). The van der Waals surface area contributed by atoms with Gasteiger partial charge in [0.15, 0.2) is 5.11 Å². The third-order valence-corrected chi connectivity index (χ3v) is 1.20. The summed E-state index contributed by atoms with van der Waals surface area (Å²) in [4.78, 5) is 10.0. The summed E-state index contributed by atoms with van der Waals surface area (Å²) in [5.41, 5.74) is 5.07. The number of hydrogen-bond acceptors (Lipinski definition) is 3. The van der Waals surface area contributed by atoms with Crippen molar-refractivity contribution in [2.75, 3.05) is 5.75 Å². The first-order valence-corrected chi connectivity index (χ1v) is 3.37. The number of aldehydes is 1. The highest BCUT2D eigenvalue weighted by Crippen LogP contribution is 1.80. The van der Waals surface area contributed by atoms with E-state index >= 15 is 0 Å². The maximum Gasteiger partial charge on any atom is 0.164 e. The van der Waals surface area contributed by atoms with Crippen molar-refractivity contribution in [1.82, 2.24) is 5.32 Å². The van der Waals surface area contributed by atoms with Gasteiger partial charge in [-0.2, -0.15) is 12.6 Å². The van der Waals surface area contributed by atoms with Crippen LogP contribution in [0.4, 0.5) is 0 Å². The van der Waals surface area contributed by atoms with Crippen molar-refractivity contribution in [1.29, 1.82) is 0 Å². The molecule has 0 aliphatic rings. The summed E-state index contributed by atoms with van der Waals surface area (Å²) in [5.74, 6) is 0.404. The van der Waals surface area contributed by atoms with Gasteiger partial charge in [-0.15, -0.1) is 0 Å². The van der Waals surface area contributed by atoms with E-state index in [0.717, 1.165) is 0 Å². The number of carbonyl (C=O) groups excluding carboxylic acids is 1. The van der Waals surface area contributed by atoms with Gasteiger partial charge in [0.05, 0.1) is 6.04 Å². The molecule has 0 aromatic carbocycles. The normalized spacial score (nSPS) is 12.1. The van der Waals surface area contributed by atoms with Crippen LogP contribution in [0, 0.1) is 0 Å². The van der Waals surface area contributed by atoms with E-state index in [1.807, 2.05) is 0 Å². The predicted molar refractivity (Wildman–Crippen MR) is 43.6 cm³/mol. The van der Waals surface area contributed by atoms with Gasteiger partial charge < -0.3 is 15.8 Å². The van der Waals surface area contributed by atoms with Gasteiger partial charge in [-0.3, -0.25) is 0 Å². The van der Waals surface area contributed by atoms with Crippen molar-refractivity contribution < 1.29 is 4.79 Å². The van der Waals surface area contributed by atoms with Crippen LogP contribution in [0.15, 0.2) is 0 Å².